The van der Waals surface area contributed by atoms with Crippen LogP contribution in [0.1, 0.15) is 51.4 Å². The maximum Gasteiger partial charge on any atom is 0.339 e. The fraction of sp³-hybridized carbons (Fsp3) is 0.462. The van der Waals surface area contributed by atoms with Gasteiger partial charge in [0, 0.05) is 30.3 Å². The molecule has 10 heteroatoms. The molecule has 0 bridgehead atoms. The molecule has 2 aliphatic rings. The Kier molecular flexibility index (Phi) is 7.43. The number of nitrogens with one attached hydrogen (secondary N) is 4. The van der Waals surface area contributed by atoms with Crippen LogP contribution in [0.4, 0.5) is 11.6 Å². The predicted molar refractivity (Wildman–Crippen MR) is 140 cm³/mol. The third kappa shape index (κ3) is 6.36. The van der Waals surface area contributed by atoms with Gasteiger partial charge in [-0.15, -0.1) is 0 Å². The Balaban J connectivity index is 1.13. The molecule has 2 saturated carbocycles. The largest absolute Gasteiger partial charge is 0.385 e. The van der Waals surface area contributed by atoms with Crippen molar-refractivity contribution in [3.05, 3.63) is 42.5 Å². The van der Waals surface area contributed by atoms with E-state index in [0.717, 1.165) is 38.0 Å². The zero-order valence-corrected chi connectivity index (χ0v) is 21.1. The van der Waals surface area contributed by atoms with Crippen LogP contribution in [0.3, 0.4) is 0 Å². The van der Waals surface area contributed by atoms with E-state index in [0.29, 0.717) is 23.0 Å². The fourth-order valence-electron chi connectivity index (χ4n) is 4.51. The minimum absolute atomic E-state index is 0.0536. The Morgan fingerprint density at radius 1 is 1.00 bits per heavy atom. The third-order valence-electron chi connectivity index (χ3n) is 6.71. The molecular formula is C26H33N5O4S. The SMILES string of the molecule is O=C(Nc1nc2ccc(OS(=O)(=O)c3ccc(NCCCNC4CCCCC4)cc3)cc2[nH]1)C1CC1. The highest BCUT2D eigenvalue weighted by Crippen LogP contribution is 2.30. The van der Waals surface area contributed by atoms with Crippen LogP contribution in [-0.2, 0) is 14.9 Å². The monoisotopic (exact) mass is 511 g/mol. The molecule has 2 aliphatic carbocycles. The molecule has 4 N–H and O–H groups in total. The topological polar surface area (TPSA) is 125 Å². The number of imidazole rings is 1. The van der Waals surface area contributed by atoms with Gasteiger partial charge in [0.25, 0.3) is 0 Å². The molecule has 2 aromatic carbocycles. The van der Waals surface area contributed by atoms with Gasteiger partial charge in [0.1, 0.15) is 10.6 Å². The molecule has 0 spiro atoms. The third-order valence-corrected chi connectivity index (χ3v) is 7.97. The number of fused-ring (bicyclic) bond motifs is 1. The molecular weight excluding hydrogens is 478 g/mol. The Labute approximate surface area is 211 Å². The summed E-state index contributed by atoms with van der Waals surface area (Å²) in [6, 6.07) is 12.0. The molecule has 0 radical (unpaired) electrons. The van der Waals surface area contributed by atoms with E-state index in [1.165, 1.54) is 44.2 Å². The first-order valence-electron chi connectivity index (χ1n) is 12.8. The van der Waals surface area contributed by atoms with Gasteiger partial charge >= 0.3 is 10.1 Å². The lowest BCUT2D eigenvalue weighted by molar-refractivity contribution is -0.117. The van der Waals surface area contributed by atoms with Crippen LogP contribution in [0.2, 0.25) is 0 Å². The first-order chi connectivity index (χ1) is 17.5. The average molecular weight is 512 g/mol. The van der Waals surface area contributed by atoms with Gasteiger partial charge in [-0.05, 0) is 75.0 Å². The summed E-state index contributed by atoms with van der Waals surface area (Å²) >= 11 is 0. The van der Waals surface area contributed by atoms with Crippen LogP contribution >= 0.6 is 0 Å². The molecule has 36 heavy (non-hydrogen) atoms. The molecule has 0 aliphatic heterocycles. The number of rotatable bonds is 11. The predicted octanol–water partition coefficient (Wildman–Crippen LogP) is 4.40. The molecule has 1 amide bonds. The van der Waals surface area contributed by atoms with Gasteiger partial charge in [0.15, 0.2) is 0 Å². The summed E-state index contributed by atoms with van der Waals surface area (Å²) in [5, 5.41) is 9.72. The van der Waals surface area contributed by atoms with Gasteiger partial charge in [-0.1, -0.05) is 19.3 Å². The van der Waals surface area contributed by atoms with Crippen molar-refractivity contribution < 1.29 is 17.4 Å². The number of carbonyl (C=O) groups excluding carboxylic acids is 1. The smallest absolute Gasteiger partial charge is 0.339 e. The number of anilines is 2. The fourth-order valence-corrected chi connectivity index (χ4v) is 5.43. The summed E-state index contributed by atoms with van der Waals surface area (Å²) in [7, 11) is -4.00. The van der Waals surface area contributed by atoms with E-state index >= 15 is 0 Å². The quantitative estimate of drug-likeness (QED) is 0.222. The van der Waals surface area contributed by atoms with Crippen molar-refractivity contribution in [3.63, 3.8) is 0 Å². The summed E-state index contributed by atoms with van der Waals surface area (Å²) in [5.41, 5.74) is 2.05. The molecule has 5 rings (SSSR count). The van der Waals surface area contributed by atoms with E-state index in [1.54, 1.807) is 30.3 Å². The van der Waals surface area contributed by atoms with Crippen LogP contribution in [0.15, 0.2) is 47.4 Å². The molecule has 0 saturated heterocycles. The van der Waals surface area contributed by atoms with Gasteiger partial charge in [0.05, 0.1) is 11.0 Å². The van der Waals surface area contributed by atoms with Crippen molar-refractivity contribution in [2.24, 2.45) is 5.92 Å². The van der Waals surface area contributed by atoms with Crippen LogP contribution < -0.4 is 20.1 Å². The second-order valence-corrected chi connectivity index (χ2v) is 11.2. The van der Waals surface area contributed by atoms with E-state index < -0.39 is 10.1 Å². The van der Waals surface area contributed by atoms with Crippen molar-refractivity contribution in [1.29, 1.82) is 0 Å². The molecule has 2 fully saturated rings. The molecule has 3 aromatic rings. The second kappa shape index (κ2) is 10.9. The molecule has 9 nitrogen and oxygen atoms in total. The number of carbonyl (C=O) groups is 1. The Morgan fingerprint density at radius 3 is 2.53 bits per heavy atom. The average Bonchev–Trinajstić information content (AvgIpc) is 3.65. The zero-order valence-electron chi connectivity index (χ0n) is 20.3. The number of benzene rings is 2. The first kappa shape index (κ1) is 24.6. The number of hydrogen-bond acceptors (Lipinski definition) is 7. The minimum Gasteiger partial charge on any atom is -0.385 e. The van der Waals surface area contributed by atoms with Crippen molar-refractivity contribution in [1.82, 2.24) is 15.3 Å². The van der Waals surface area contributed by atoms with Crippen LogP contribution in [-0.4, -0.2) is 43.4 Å². The molecule has 0 atom stereocenters. The molecule has 0 unspecified atom stereocenters. The number of H-pyrrole nitrogens is 1. The lowest BCUT2D eigenvalue weighted by Gasteiger charge is -2.22. The number of amides is 1. The number of nitrogens with zero attached hydrogens (tertiary/aromatic N) is 1. The number of hydrogen-bond donors (Lipinski definition) is 4. The number of aromatic nitrogens is 2. The standard InChI is InChI=1S/C26H33N5O4S/c32-25(18-7-8-18)31-26-29-23-14-11-21(17-24(23)30-26)35-36(33,34)22-12-9-20(10-13-22)28-16-4-15-27-19-5-2-1-3-6-19/h9-14,17-19,27-28H,1-8,15-16H2,(H2,29,30,31,32). The first-order valence-corrected chi connectivity index (χ1v) is 14.2. The maximum atomic E-state index is 12.8. The lowest BCUT2D eigenvalue weighted by Crippen LogP contribution is -2.32. The second-order valence-electron chi connectivity index (χ2n) is 9.66. The maximum absolute atomic E-state index is 12.8. The highest BCUT2D eigenvalue weighted by molar-refractivity contribution is 7.87. The highest BCUT2D eigenvalue weighted by atomic mass is 32.2. The van der Waals surface area contributed by atoms with E-state index in [-0.39, 0.29) is 22.5 Å². The normalized spacial score (nSPS) is 16.7. The lowest BCUT2D eigenvalue weighted by atomic mass is 9.95. The van der Waals surface area contributed by atoms with E-state index in [2.05, 4.69) is 25.9 Å². The van der Waals surface area contributed by atoms with Crippen molar-refractivity contribution >= 4 is 38.7 Å². The Bertz CT molecular complexity index is 1300. The van der Waals surface area contributed by atoms with Crippen molar-refractivity contribution in [2.75, 3.05) is 23.7 Å². The van der Waals surface area contributed by atoms with Crippen LogP contribution in [0, 0.1) is 5.92 Å². The van der Waals surface area contributed by atoms with Gasteiger partial charge in [-0.25, -0.2) is 4.98 Å². The van der Waals surface area contributed by atoms with Gasteiger partial charge < -0.3 is 19.8 Å². The molecule has 1 aromatic heterocycles. The van der Waals surface area contributed by atoms with Gasteiger partial charge in [0.2, 0.25) is 11.9 Å². The van der Waals surface area contributed by atoms with E-state index in [9.17, 15) is 13.2 Å². The summed E-state index contributed by atoms with van der Waals surface area (Å²) in [6.07, 6.45) is 9.37. The van der Waals surface area contributed by atoms with Crippen molar-refractivity contribution in [2.45, 2.75) is 62.3 Å². The Hall–Kier alpha value is -3.11. The molecule has 192 valence electrons. The summed E-state index contributed by atoms with van der Waals surface area (Å²) in [5.74, 6) is 0.517. The van der Waals surface area contributed by atoms with Crippen LogP contribution in [0.25, 0.3) is 11.0 Å². The summed E-state index contributed by atoms with van der Waals surface area (Å²) in [6.45, 7) is 1.79. The van der Waals surface area contributed by atoms with Gasteiger partial charge in [-0.2, -0.15) is 8.42 Å². The zero-order chi connectivity index (χ0) is 25.0. The van der Waals surface area contributed by atoms with E-state index in [4.69, 9.17) is 4.18 Å². The molecule has 1 heterocycles. The van der Waals surface area contributed by atoms with Gasteiger partial charge in [-0.3, -0.25) is 10.1 Å². The summed E-state index contributed by atoms with van der Waals surface area (Å²) in [4.78, 5) is 19.4. The minimum atomic E-state index is -4.00. The Morgan fingerprint density at radius 2 is 1.78 bits per heavy atom. The number of aromatic amines is 1. The van der Waals surface area contributed by atoms with Crippen LogP contribution in [0.5, 0.6) is 5.75 Å². The summed E-state index contributed by atoms with van der Waals surface area (Å²) < 4.78 is 30.9. The van der Waals surface area contributed by atoms with E-state index in [1.807, 2.05) is 0 Å². The highest BCUT2D eigenvalue weighted by Gasteiger charge is 2.30. The van der Waals surface area contributed by atoms with Crippen molar-refractivity contribution in [3.8, 4) is 5.75 Å².